The van der Waals surface area contributed by atoms with Gasteiger partial charge in [-0.05, 0) is 13.5 Å². The maximum Gasteiger partial charge on any atom is 0.411 e. The van der Waals surface area contributed by atoms with E-state index in [4.69, 9.17) is 0 Å². The molecule has 0 heterocycles. The molecule has 0 saturated heterocycles. The molecule has 0 radical (unpaired) electrons. The molecule has 0 aliphatic rings. The van der Waals surface area contributed by atoms with Gasteiger partial charge in [0.05, 0.1) is 6.61 Å². The van der Waals surface area contributed by atoms with Crippen molar-refractivity contribution in [3.05, 3.63) is 0 Å². The summed E-state index contributed by atoms with van der Waals surface area (Å²) >= 11 is 0. The van der Waals surface area contributed by atoms with Crippen molar-refractivity contribution in [3.63, 3.8) is 0 Å². The van der Waals surface area contributed by atoms with E-state index in [1.54, 1.807) is 7.05 Å². The highest BCUT2D eigenvalue weighted by Crippen LogP contribution is 2.14. The van der Waals surface area contributed by atoms with Crippen LogP contribution in [-0.2, 0) is 4.74 Å². The topological polar surface area (TPSA) is 21.3 Å². The third kappa shape index (κ3) is 8.05. The summed E-state index contributed by atoms with van der Waals surface area (Å²) in [5, 5.41) is 2.90. The normalized spacial score (nSPS) is 14.5. The molecule has 0 amide bonds. The first-order valence-corrected chi connectivity index (χ1v) is 4.31. The molecule has 1 unspecified atom stereocenters. The van der Waals surface area contributed by atoms with Crippen LogP contribution in [-0.4, -0.2) is 32.5 Å². The monoisotopic (exact) mass is 199 g/mol. The van der Waals surface area contributed by atoms with Crippen LogP contribution in [0.25, 0.3) is 0 Å². The molecule has 1 atom stereocenters. The number of hydrogen-bond donors (Lipinski definition) is 1. The Hall–Kier alpha value is -0.290. The fourth-order valence-electron chi connectivity index (χ4n) is 0.976. The van der Waals surface area contributed by atoms with Crippen LogP contribution >= 0.6 is 0 Å². The van der Waals surface area contributed by atoms with E-state index in [-0.39, 0.29) is 12.6 Å². The Labute approximate surface area is 76.5 Å². The van der Waals surface area contributed by atoms with Gasteiger partial charge in [-0.25, -0.2) is 0 Å². The molecule has 0 spiro atoms. The van der Waals surface area contributed by atoms with Crippen molar-refractivity contribution in [2.45, 2.75) is 32.0 Å². The smallest absolute Gasteiger partial charge is 0.370 e. The molecule has 0 aliphatic heterocycles. The average molecular weight is 199 g/mol. The summed E-state index contributed by atoms with van der Waals surface area (Å²) in [4.78, 5) is 0. The first-order valence-electron chi connectivity index (χ1n) is 4.31. The van der Waals surface area contributed by atoms with Gasteiger partial charge < -0.3 is 10.1 Å². The lowest BCUT2D eigenvalue weighted by Crippen LogP contribution is -2.32. The van der Waals surface area contributed by atoms with Gasteiger partial charge in [-0.1, -0.05) is 13.3 Å². The van der Waals surface area contributed by atoms with Gasteiger partial charge >= 0.3 is 6.18 Å². The first-order chi connectivity index (χ1) is 5.99. The quantitative estimate of drug-likeness (QED) is 0.706. The molecule has 2 nitrogen and oxygen atoms in total. The largest absolute Gasteiger partial charge is 0.411 e. The highest BCUT2D eigenvalue weighted by atomic mass is 19.4. The van der Waals surface area contributed by atoms with Gasteiger partial charge in [-0.15, -0.1) is 0 Å². The van der Waals surface area contributed by atoms with E-state index in [1.165, 1.54) is 0 Å². The number of rotatable bonds is 6. The van der Waals surface area contributed by atoms with Crippen molar-refractivity contribution in [1.29, 1.82) is 0 Å². The summed E-state index contributed by atoms with van der Waals surface area (Å²) in [5.74, 6) is 0. The number of alkyl halides is 3. The average Bonchev–Trinajstić information content (AvgIpc) is 2.01. The lowest BCUT2D eigenvalue weighted by molar-refractivity contribution is -0.175. The van der Waals surface area contributed by atoms with Gasteiger partial charge in [-0.2, -0.15) is 13.2 Å². The van der Waals surface area contributed by atoms with E-state index in [0.717, 1.165) is 12.8 Å². The molecule has 1 N–H and O–H groups in total. The predicted octanol–water partition coefficient (Wildman–Crippen LogP) is 1.95. The van der Waals surface area contributed by atoms with E-state index in [2.05, 4.69) is 10.1 Å². The SMILES string of the molecule is CCCC(COCC(F)(F)F)NC. The van der Waals surface area contributed by atoms with E-state index in [1.807, 2.05) is 6.92 Å². The number of hydrogen-bond acceptors (Lipinski definition) is 2. The summed E-state index contributed by atoms with van der Waals surface area (Å²) in [6.45, 7) is 0.937. The second-order valence-corrected chi connectivity index (χ2v) is 2.90. The summed E-state index contributed by atoms with van der Waals surface area (Å²) in [7, 11) is 1.72. The zero-order valence-corrected chi connectivity index (χ0v) is 7.95. The molecule has 0 bridgehead atoms. The van der Waals surface area contributed by atoms with Crippen LogP contribution in [0.1, 0.15) is 19.8 Å². The first kappa shape index (κ1) is 12.7. The zero-order chi connectivity index (χ0) is 10.3. The minimum absolute atomic E-state index is 0.0207. The Morgan fingerprint density at radius 1 is 1.38 bits per heavy atom. The third-order valence-corrected chi connectivity index (χ3v) is 1.63. The van der Waals surface area contributed by atoms with E-state index < -0.39 is 12.8 Å². The van der Waals surface area contributed by atoms with Crippen molar-refractivity contribution >= 4 is 0 Å². The fourth-order valence-corrected chi connectivity index (χ4v) is 0.976. The third-order valence-electron chi connectivity index (χ3n) is 1.63. The summed E-state index contributed by atoms with van der Waals surface area (Å²) in [6.07, 6.45) is -2.46. The van der Waals surface area contributed by atoms with Gasteiger partial charge in [0.25, 0.3) is 0 Å². The highest BCUT2D eigenvalue weighted by Gasteiger charge is 2.27. The predicted molar refractivity (Wildman–Crippen MR) is 44.6 cm³/mol. The van der Waals surface area contributed by atoms with E-state index in [0.29, 0.717) is 0 Å². The van der Waals surface area contributed by atoms with Gasteiger partial charge in [0, 0.05) is 6.04 Å². The Morgan fingerprint density at radius 3 is 2.38 bits per heavy atom. The minimum atomic E-state index is -4.22. The van der Waals surface area contributed by atoms with Crippen LogP contribution in [0.5, 0.6) is 0 Å². The molecule has 0 fully saturated rings. The van der Waals surface area contributed by atoms with Gasteiger partial charge in [0.1, 0.15) is 6.61 Å². The molecule has 0 aromatic heterocycles. The van der Waals surface area contributed by atoms with Gasteiger partial charge in [-0.3, -0.25) is 0 Å². The molecule has 0 aromatic rings. The molecule has 0 saturated carbocycles. The Balaban J connectivity index is 3.49. The molecular formula is C8H16F3NO. The van der Waals surface area contributed by atoms with Crippen molar-refractivity contribution in [2.75, 3.05) is 20.3 Å². The second-order valence-electron chi connectivity index (χ2n) is 2.90. The lowest BCUT2D eigenvalue weighted by atomic mass is 10.2. The number of halogens is 3. The van der Waals surface area contributed by atoms with E-state index in [9.17, 15) is 13.2 Å². The molecule has 5 heteroatoms. The highest BCUT2D eigenvalue weighted by molar-refractivity contribution is 4.62. The van der Waals surface area contributed by atoms with Crippen molar-refractivity contribution in [2.24, 2.45) is 0 Å². The molecular weight excluding hydrogens is 183 g/mol. The summed E-state index contributed by atoms with van der Waals surface area (Å²) in [5.41, 5.74) is 0. The van der Waals surface area contributed by atoms with Crippen LogP contribution in [0, 0.1) is 0 Å². The van der Waals surface area contributed by atoms with Crippen molar-refractivity contribution in [3.8, 4) is 0 Å². The standard InChI is InChI=1S/C8H16F3NO/c1-3-4-7(12-2)5-13-6-8(9,10)11/h7,12H,3-6H2,1-2H3. The summed E-state index contributed by atoms with van der Waals surface area (Å²) in [6, 6.07) is 0.0207. The van der Waals surface area contributed by atoms with Crippen LogP contribution in [0.4, 0.5) is 13.2 Å². The fraction of sp³-hybridized carbons (Fsp3) is 1.00. The number of nitrogens with one attached hydrogen (secondary N) is 1. The molecule has 0 aliphatic carbocycles. The maximum absolute atomic E-state index is 11.7. The van der Waals surface area contributed by atoms with Crippen LogP contribution in [0.3, 0.4) is 0 Å². The van der Waals surface area contributed by atoms with Crippen LogP contribution < -0.4 is 5.32 Å². The Kier molecular flexibility index (Phi) is 6.07. The number of ether oxygens (including phenoxy) is 1. The molecule has 13 heavy (non-hydrogen) atoms. The Morgan fingerprint density at radius 2 is 2.00 bits per heavy atom. The Bertz CT molecular complexity index is 127. The van der Waals surface area contributed by atoms with Crippen molar-refractivity contribution in [1.82, 2.24) is 5.32 Å². The summed E-state index contributed by atoms with van der Waals surface area (Å²) < 4.78 is 39.5. The lowest BCUT2D eigenvalue weighted by Gasteiger charge is -2.15. The van der Waals surface area contributed by atoms with Gasteiger partial charge in [0.2, 0.25) is 0 Å². The molecule has 0 rings (SSSR count). The zero-order valence-electron chi connectivity index (χ0n) is 7.95. The maximum atomic E-state index is 11.7. The minimum Gasteiger partial charge on any atom is -0.370 e. The van der Waals surface area contributed by atoms with E-state index >= 15 is 0 Å². The van der Waals surface area contributed by atoms with Gasteiger partial charge in [0.15, 0.2) is 0 Å². The second kappa shape index (κ2) is 6.21. The van der Waals surface area contributed by atoms with Crippen LogP contribution in [0.15, 0.2) is 0 Å². The van der Waals surface area contributed by atoms with Crippen LogP contribution in [0.2, 0.25) is 0 Å². The number of likely N-dealkylation sites (N-methyl/N-ethyl adjacent to an activating group) is 1. The molecule has 80 valence electrons. The van der Waals surface area contributed by atoms with Crippen molar-refractivity contribution < 1.29 is 17.9 Å². The molecule has 0 aromatic carbocycles.